The summed E-state index contributed by atoms with van der Waals surface area (Å²) in [6, 6.07) is 17.4. The number of nitrogens with two attached hydrogens (primary N) is 1. The Morgan fingerprint density at radius 2 is 1.52 bits per heavy atom. The van der Waals surface area contributed by atoms with E-state index in [0.717, 1.165) is 24.0 Å². The molecule has 7 nitrogen and oxygen atoms in total. The standard InChI is InChI=1S/C26H29N3O4/c27-24(31)16-28-26(33)23(17-30)29-25(32)15-8-18-6-9-20(10-7-18)22-13-11-21(12-14-22)19-4-2-1-3-5-19/h1-7,9-11,13,23,30H,8,12,14-17H2,(H2,27,31)(H,28,33)(H,29,32). The number of benzene rings is 2. The van der Waals surface area contributed by atoms with Gasteiger partial charge in [0, 0.05) is 6.42 Å². The highest BCUT2D eigenvalue weighted by Gasteiger charge is 2.20. The van der Waals surface area contributed by atoms with Gasteiger partial charge in [0.2, 0.25) is 17.7 Å². The van der Waals surface area contributed by atoms with E-state index < -0.39 is 24.5 Å². The molecule has 0 fully saturated rings. The fourth-order valence-corrected chi connectivity index (χ4v) is 3.67. The van der Waals surface area contributed by atoms with Gasteiger partial charge in [-0.3, -0.25) is 14.4 Å². The van der Waals surface area contributed by atoms with Crippen LogP contribution in [-0.2, 0) is 20.8 Å². The summed E-state index contributed by atoms with van der Waals surface area (Å²) < 4.78 is 0. The summed E-state index contributed by atoms with van der Waals surface area (Å²) in [7, 11) is 0. The van der Waals surface area contributed by atoms with Crippen molar-refractivity contribution in [2.75, 3.05) is 13.2 Å². The molecule has 0 spiro atoms. The molecule has 0 saturated heterocycles. The van der Waals surface area contributed by atoms with Crippen LogP contribution in [0.2, 0.25) is 0 Å². The average molecular weight is 448 g/mol. The maximum absolute atomic E-state index is 12.2. The van der Waals surface area contributed by atoms with Crippen molar-refractivity contribution < 1.29 is 19.5 Å². The van der Waals surface area contributed by atoms with Crippen molar-refractivity contribution in [1.82, 2.24) is 10.6 Å². The third-order valence-corrected chi connectivity index (χ3v) is 5.53. The number of aryl methyl sites for hydroxylation is 1. The lowest BCUT2D eigenvalue weighted by molar-refractivity contribution is -0.130. The van der Waals surface area contributed by atoms with E-state index in [0.29, 0.717) is 6.42 Å². The Kier molecular flexibility index (Phi) is 8.55. The highest BCUT2D eigenvalue weighted by atomic mass is 16.3. The van der Waals surface area contributed by atoms with Gasteiger partial charge in [0.05, 0.1) is 13.2 Å². The minimum absolute atomic E-state index is 0.171. The Hall–Kier alpha value is -3.71. The normalized spacial score (nSPS) is 14.0. The number of carbonyl (C=O) groups is 3. The van der Waals surface area contributed by atoms with E-state index in [-0.39, 0.29) is 18.9 Å². The highest BCUT2D eigenvalue weighted by Crippen LogP contribution is 2.31. The van der Waals surface area contributed by atoms with Gasteiger partial charge in [-0.15, -0.1) is 0 Å². The van der Waals surface area contributed by atoms with Crippen LogP contribution in [-0.4, -0.2) is 42.0 Å². The fourth-order valence-electron chi connectivity index (χ4n) is 3.67. The van der Waals surface area contributed by atoms with Crippen LogP contribution in [0.1, 0.15) is 36.0 Å². The molecule has 1 atom stereocenters. The number of hydrogen-bond donors (Lipinski definition) is 4. The predicted molar refractivity (Wildman–Crippen MR) is 128 cm³/mol. The van der Waals surface area contributed by atoms with Crippen molar-refractivity contribution in [3.8, 4) is 0 Å². The molecular weight excluding hydrogens is 418 g/mol. The molecule has 1 aliphatic rings. The molecule has 1 unspecified atom stereocenters. The number of aliphatic hydroxyl groups is 1. The molecule has 5 N–H and O–H groups in total. The van der Waals surface area contributed by atoms with Crippen LogP contribution >= 0.6 is 0 Å². The highest BCUT2D eigenvalue weighted by molar-refractivity contribution is 5.90. The van der Waals surface area contributed by atoms with Crippen LogP contribution < -0.4 is 16.4 Å². The molecule has 1 aliphatic carbocycles. The average Bonchev–Trinajstić information content (AvgIpc) is 2.85. The van der Waals surface area contributed by atoms with Crippen LogP contribution in [0.5, 0.6) is 0 Å². The first kappa shape index (κ1) is 23.9. The summed E-state index contributed by atoms with van der Waals surface area (Å²) in [5.41, 5.74) is 11.0. The van der Waals surface area contributed by atoms with Gasteiger partial charge < -0.3 is 21.5 Å². The van der Waals surface area contributed by atoms with Gasteiger partial charge in [-0.1, -0.05) is 66.7 Å². The Balaban J connectivity index is 1.51. The lowest BCUT2D eigenvalue weighted by Crippen LogP contribution is -2.50. The quantitative estimate of drug-likeness (QED) is 0.445. The number of carbonyl (C=O) groups excluding carboxylic acids is 3. The molecule has 0 aliphatic heterocycles. The number of amides is 3. The topological polar surface area (TPSA) is 122 Å². The second kappa shape index (κ2) is 11.8. The third-order valence-electron chi connectivity index (χ3n) is 5.53. The van der Waals surface area contributed by atoms with Crippen molar-refractivity contribution in [2.45, 2.75) is 31.7 Å². The second-order valence-corrected chi connectivity index (χ2v) is 7.93. The summed E-state index contributed by atoms with van der Waals surface area (Å²) in [5.74, 6) is -1.72. The summed E-state index contributed by atoms with van der Waals surface area (Å²) in [6.07, 6.45) is 7.00. The van der Waals surface area contributed by atoms with E-state index >= 15 is 0 Å². The molecule has 3 amide bonds. The van der Waals surface area contributed by atoms with Gasteiger partial charge in [-0.25, -0.2) is 0 Å². The van der Waals surface area contributed by atoms with Gasteiger partial charge >= 0.3 is 0 Å². The predicted octanol–water partition coefficient (Wildman–Crippen LogP) is 1.96. The van der Waals surface area contributed by atoms with Crippen molar-refractivity contribution >= 4 is 28.9 Å². The monoisotopic (exact) mass is 447 g/mol. The summed E-state index contributed by atoms with van der Waals surface area (Å²) in [6.45, 7) is -0.919. The van der Waals surface area contributed by atoms with Crippen LogP contribution in [0.4, 0.5) is 0 Å². The largest absolute Gasteiger partial charge is 0.394 e. The molecule has 33 heavy (non-hydrogen) atoms. The molecule has 2 aromatic rings. The van der Waals surface area contributed by atoms with E-state index in [1.165, 1.54) is 16.7 Å². The van der Waals surface area contributed by atoms with Crippen LogP contribution in [0.15, 0.2) is 66.7 Å². The summed E-state index contributed by atoms with van der Waals surface area (Å²) in [4.78, 5) is 34.8. The second-order valence-electron chi connectivity index (χ2n) is 7.93. The molecule has 172 valence electrons. The first-order valence-electron chi connectivity index (χ1n) is 11.0. The SMILES string of the molecule is NC(=O)CNC(=O)C(CO)NC(=O)CCc1ccc(C2=CC=C(c3ccccc3)CC2)cc1. The van der Waals surface area contributed by atoms with E-state index in [9.17, 15) is 19.5 Å². The van der Waals surface area contributed by atoms with Gasteiger partial charge in [-0.2, -0.15) is 0 Å². The zero-order chi connectivity index (χ0) is 23.6. The summed E-state index contributed by atoms with van der Waals surface area (Å²) >= 11 is 0. The van der Waals surface area contributed by atoms with Crippen molar-refractivity contribution in [1.29, 1.82) is 0 Å². The van der Waals surface area contributed by atoms with Crippen LogP contribution in [0.25, 0.3) is 11.1 Å². The van der Waals surface area contributed by atoms with E-state index in [4.69, 9.17) is 5.73 Å². The minimum Gasteiger partial charge on any atom is -0.394 e. The molecule has 3 rings (SSSR count). The van der Waals surface area contributed by atoms with Crippen molar-refractivity contribution in [3.05, 3.63) is 83.4 Å². The molecule has 7 heteroatoms. The number of allylic oxidation sites excluding steroid dienone is 4. The smallest absolute Gasteiger partial charge is 0.245 e. The van der Waals surface area contributed by atoms with Crippen molar-refractivity contribution in [3.63, 3.8) is 0 Å². The Morgan fingerprint density at radius 1 is 0.909 bits per heavy atom. The molecule has 2 aromatic carbocycles. The van der Waals surface area contributed by atoms with Crippen LogP contribution in [0.3, 0.4) is 0 Å². The molecule has 0 aromatic heterocycles. The summed E-state index contributed by atoms with van der Waals surface area (Å²) in [5, 5.41) is 14.1. The number of hydrogen-bond acceptors (Lipinski definition) is 4. The zero-order valence-electron chi connectivity index (χ0n) is 18.4. The lowest BCUT2D eigenvalue weighted by atomic mass is 9.89. The van der Waals surface area contributed by atoms with Gasteiger partial charge in [0.1, 0.15) is 6.04 Å². The minimum atomic E-state index is -1.12. The Labute approximate surface area is 193 Å². The maximum Gasteiger partial charge on any atom is 0.245 e. The molecule has 0 bridgehead atoms. The van der Waals surface area contributed by atoms with Gasteiger partial charge in [0.25, 0.3) is 0 Å². The lowest BCUT2D eigenvalue weighted by Gasteiger charge is -2.16. The Morgan fingerprint density at radius 3 is 2.06 bits per heavy atom. The van der Waals surface area contributed by atoms with E-state index in [1.807, 2.05) is 18.2 Å². The van der Waals surface area contributed by atoms with E-state index in [2.05, 4.69) is 59.2 Å². The number of aliphatic hydroxyl groups excluding tert-OH is 1. The van der Waals surface area contributed by atoms with E-state index in [1.54, 1.807) is 0 Å². The van der Waals surface area contributed by atoms with Gasteiger partial charge in [-0.05, 0) is 47.1 Å². The third kappa shape index (κ3) is 7.15. The number of primary amides is 1. The van der Waals surface area contributed by atoms with Crippen molar-refractivity contribution in [2.24, 2.45) is 5.73 Å². The molecule has 0 heterocycles. The molecular formula is C26H29N3O4. The number of rotatable bonds is 10. The fraction of sp³-hybridized carbons (Fsp3) is 0.269. The first-order valence-corrected chi connectivity index (χ1v) is 11.0. The van der Waals surface area contributed by atoms with Crippen LogP contribution in [0, 0.1) is 0 Å². The zero-order valence-corrected chi connectivity index (χ0v) is 18.4. The first-order chi connectivity index (χ1) is 16.0. The Bertz CT molecular complexity index is 1040. The molecule has 0 radical (unpaired) electrons. The number of nitrogens with one attached hydrogen (secondary N) is 2. The molecule has 0 saturated carbocycles. The maximum atomic E-state index is 12.2. The van der Waals surface area contributed by atoms with Gasteiger partial charge in [0.15, 0.2) is 0 Å².